The lowest BCUT2D eigenvalue weighted by atomic mass is 10.1. The van der Waals surface area contributed by atoms with Crippen LogP contribution in [0.4, 0.5) is 5.82 Å². The lowest BCUT2D eigenvalue weighted by molar-refractivity contribution is 0.0524. The summed E-state index contributed by atoms with van der Waals surface area (Å²) < 4.78 is 5.22. The second kappa shape index (κ2) is 6.42. The number of hydrogen-bond acceptors (Lipinski definition) is 7. The predicted molar refractivity (Wildman–Crippen MR) is 86.7 cm³/mol. The van der Waals surface area contributed by atoms with Gasteiger partial charge in [-0.3, -0.25) is 0 Å². The molecule has 1 N–H and O–H groups in total. The van der Waals surface area contributed by atoms with Crippen molar-refractivity contribution in [1.82, 2.24) is 15.3 Å². The minimum absolute atomic E-state index is 0.325. The molecule has 2 bridgehead atoms. The first-order chi connectivity index (χ1) is 10.6. The molecule has 6 nitrogen and oxygen atoms in total. The third kappa shape index (κ3) is 2.92. The number of ether oxygens (including phenoxy) is 1. The molecule has 0 aromatic carbocycles. The summed E-state index contributed by atoms with van der Waals surface area (Å²) in [6.07, 6.45) is 4.33. The normalized spacial score (nSPS) is 23.7. The van der Waals surface area contributed by atoms with Crippen LogP contribution in [0.15, 0.2) is 5.16 Å². The Morgan fingerprint density at radius 3 is 2.64 bits per heavy atom. The average molecular weight is 322 g/mol. The van der Waals surface area contributed by atoms with Crippen molar-refractivity contribution in [2.24, 2.45) is 0 Å². The lowest BCUT2D eigenvalue weighted by Gasteiger charge is -2.34. The minimum Gasteiger partial charge on any atom is -0.462 e. The van der Waals surface area contributed by atoms with E-state index in [1.54, 1.807) is 0 Å². The molecule has 2 unspecified atom stereocenters. The van der Waals surface area contributed by atoms with Gasteiger partial charge < -0.3 is 15.0 Å². The number of aromatic nitrogens is 2. The number of carbonyl (C=O) groups excluding carboxylic acids is 1. The van der Waals surface area contributed by atoms with Gasteiger partial charge in [-0.25, -0.2) is 14.8 Å². The molecule has 0 radical (unpaired) electrons. The molecule has 2 fully saturated rings. The molecule has 1 aromatic heterocycles. The molecule has 120 valence electrons. The van der Waals surface area contributed by atoms with Crippen LogP contribution < -0.4 is 10.2 Å². The van der Waals surface area contributed by atoms with Crippen molar-refractivity contribution >= 4 is 23.5 Å². The van der Waals surface area contributed by atoms with E-state index in [0.717, 1.165) is 18.9 Å². The van der Waals surface area contributed by atoms with Crippen LogP contribution >= 0.6 is 11.8 Å². The third-order valence-corrected chi connectivity index (χ3v) is 4.78. The maximum Gasteiger partial charge on any atom is 0.343 e. The van der Waals surface area contributed by atoms with Crippen LogP contribution in [0.25, 0.3) is 0 Å². The van der Waals surface area contributed by atoms with Crippen LogP contribution in [0, 0.1) is 6.92 Å². The van der Waals surface area contributed by atoms with Crippen LogP contribution in [0.2, 0.25) is 0 Å². The topological polar surface area (TPSA) is 67.3 Å². The van der Waals surface area contributed by atoms with Crippen molar-refractivity contribution in [3.8, 4) is 0 Å². The lowest BCUT2D eigenvalue weighted by Crippen LogP contribution is -2.52. The highest BCUT2D eigenvalue weighted by Gasteiger charge is 2.35. The van der Waals surface area contributed by atoms with Gasteiger partial charge in [0.05, 0.1) is 12.3 Å². The second-order valence-corrected chi connectivity index (χ2v) is 6.53. The van der Waals surface area contributed by atoms with Gasteiger partial charge in [-0.1, -0.05) is 11.8 Å². The third-order valence-electron chi connectivity index (χ3n) is 4.23. The molecule has 0 amide bonds. The highest BCUT2D eigenvalue weighted by Crippen LogP contribution is 2.29. The number of hydrogen-bond donors (Lipinski definition) is 1. The van der Waals surface area contributed by atoms with Crippen molar-refractivity contribution in [1.29, 1.82) is 0 Å². The Morgan fingerprint density at radius 2 is 2.05 bits per heavy atom. The highest BCUT2D eigenvalue weighted by atomic mass is 32.2. The van der Waals surface area contributed by atoms with E-state index < -0.39 is 0 Å². The Balaban J connectivity index is 2.00. The van der Waals surface area contributed by atoms with Crippen LogP contribution in [0.5, 0.6) is 0 Å². The van der Waals surface area contributed by atoms with Gasteiger partial charge in [0.15, 0.2) is 5.16 Å². The maximum atomic E-state index is 12.4. The summed E-state index contributed by atoms with van der Waals surface area (Å²) in [4.78, 5) is 23.6. The van der Waals surface area contributed by atoms with E-state index in [0.29, 0.717) is 35.1 Å². The molecule has 7 heteroatoms. The fourth-order valence-corrected chi connectivity index (χ4v) is 3.67. The maximum absolute atomic E-state index is 12.4. The summed E-state index contributed by atoms with van der Waals surface area (Å²) in [5.74, 6) is 0.405. The SMILES string of the molecule is CCOC(=O)c1c(C)nc(SC)nc1N1CC2CCC(C1)N2. The largest absolute Gasteiger partial charge is 0.462 e. The van der Waals surface area contributed by atoms with Gasteiger partial charge in [0.1, 0.15) is 11.4 Å². The Morgan fingerprint density at radius 1 is 1.36 bits per heavy atom. The zero-order valence-corrected chi connectivity index (χ0v) is 14.1. The van der Waals surface area contributed by atoms with Crippen molar-refractivity contribution in [3.63, 3.8) is 0 Å². The number of anilines is 1. The fourth-order valence-electron chi connectivity index (χ4n) is 3.26. The molecule has 22 heavy (non-hydrogen) atoms. The summed E-state index contributed by atoms with van der Waals surface area (Å²) in [6.45, 7) is 5.79. The first-order valence-electron chi connectivity index (χ1n) is 7.73. The van der Waals surface area contributed by atoms with E-state index in [9.17, 15) is 4.79 Å². The number of nitrogens with zero attached hydrogens (tertiary/aromatic N) is 3. The van der Waals surface area contributed by atoms with Crippen LogP contribution in [0.1, 0.15) is 35.8 Å². The monoisotopic (exact) mass is 322 g/mol. The molecule has 3 heterocycles. The molecule has 0 saturated carbocycles. The van der Waals surface area contributed by atoms with Gasteiger partial charge in [0, 0.05) is 25.2 Å². The predicted octanol–water partition coefficient (Wildman–Crippen LogP) is 1.62. The summed E-state index contributed by atoms with van der Waals surface area (Å²) in [7, 11) is 0. The van der Waals surface area contributed by atoms with E-state index in [-0.39, 0.29) is 5.97 Å². The van der Waals surface area contributed by atoms with Gasteiger partial charge in [-0.15, -0.1) is 0 Å². The van der Waals surface area contributed by atoms with Gasteiger partial charge in [0.2, 0.25) is 0 Å². The van der Waals surface area contributed by atoms with E-state index in [2.05, 4.69) is 20.2 Å². The molecule has 2 aliphatic rings. The number of thioether (sulfide) groups is 1. The number of rotatable bonds is 4. The summed E-state index contributed by atoms with van der Waals surface area (Å²) in [6, 6.07) is 0.976. The summed E-state index contributed by atoms with van der Waals surface area (Å²) in [5.41, 5.74) is 1.21. The van der Waals surface area contributed by atoms with Gasteiger partial charge in [-0.05, 0) is 32.9 Å². The average Bonchev–Trinajstić information content (AvgIpc) is 2.84. The summed E-state index contributed by atoms with van der Waals surface area (Å²) >= 11 is 1.50. The van der Waals surface area contributed by atoms with Crippen molar-refractivity contribution in [2.75, 3.05) is 30.9 Å². The number of fused-ring (bicyclic) bond motifs is 2. The quantitative estimate of drug-likeness (QED) is 0.513. The molecule has 0 aliphatic carbocycles. The number of nitrogens with one attached hydrogen (secondary N) is 1. The van der Waals surface area contributed by atoms with E-state index in [1.807, 2.05) is 20.1 Å². The molecule has 2 atom stereocenters. The molecule has 2 saturated heterocycles. The van der Waals surface area contributed by atoms with Crippen LogP contribution in [-0.4, -0.2) is 54.0 Å². The van der Waals surface area contributed by atoms with Gasteiger partial charge >= 0.3 is 5.97 Å². The zero-order valence-electron chi connectivity index (χ0n) is 13.3. The molecular weight excluding hydrogens is 300 g/mol. The van der Waals surface area contributed by atoms with Crippen molar-refractivity contribution in [2.45, 2.75) is 43.9 Å². The van der Waals surface area contributed by atoms with E-state index in [4.69, 9.17) is 4.74 Å². The molecule has 2 aliphatic heterocycles. The fraction of sp³-hybridized carbons (Fsp3) is 0.667. The van der Waals surface area contributed by atoms with E-state index >= 15 is 0 Å². The zero-order chi connectivity index (χ0) is 15.7. The van der Waals surface area contributed by atoms with Gasteiger partial charge in [-0.2, -0.15) is 0 Å². The highest BCUT2D eigenvalue weighted by molar-refractivity contribution is 7.98. The Bertz CT molecular complexity index is 569. The molecule has 1 aromatic rings. The number of aryl methyl sites for hydroxylation is 1. The minimum atomic E-state index is -0.325. The number of esters is 1. The van der Waals surface area contributed by atoms with Gasteiger partial charge in [0.25, 0.3) is 0 Å². The Hall–Kier alpha value is -1.34. The Labute approximate surface area is 135 Å². The molecule has 3 rings (SSSR count). The number of piperazine rings is 1. The van der Waals surface area contributed by atoms with Crippen molar-refractivity contribution < 1.29 is 9.53 Å². The Kier molecular flexibility index (Phi) is 4.54. The smallest absolute Gasteiger partial charge is 0.343 e. The second-order valence-electron chi connectivity index (χ2n) is 5.76. The van der Waals surface area contributed by atoms with E-state index in [1.165, 1.54) is 24.6 Å². The standard InChI is InChI=1S/C15H22N4O2S/c1-4-21-14(20)12-9(2)16-15(22-3)18-13(12)19-7-10-5-6-11(8-19)17-10/h10-11,17H,4-8H2,1-3H3. The molecular formula is C15H22N4O2S. The summed E-state index contributed by atoms with van der Waals surface area (Å²) in [5, 5.41) is 4.30. The first-order valence-corrected chi connectivity index (χ1v) is 8.95. The molecule has 0 spiro atoms. The van der Waals surface area contributed by atoms with Crippen molar-refractivity contribution in [3.05, 3.63) is 11.3 Å². The number of carbonyl (C=O) groups is 1. The van der Waals surface area contributed by atoms with Crippen LogP contribution in [-0.2, 0) is 4.74 Å². The van der Waals surface area contributed by atoms with Crippen LogP contribution in [0.3, 0.4) is 0 Å². The first kappa shape index (κ1) is 15.6.